The lowest BCUT2D eigenvalue weighted by molar-refractivity contribution is 0.601. The Morgan fingerprint density at radius 1 is 1.42 bits per heavy atom. The molecule has 106 valence electrons. The van der Waals surface area contributed by atoms with Crippen molar-refractivity contribution in [1.29, 1.82) is 0 Å². The van der Waals surface area contributed by atoms with E-state index < -0.39 is 0 Å². The molecule has 1 fully saturated rings. The van der Waals surface area contributed by atoms with Gasteiger partial charge in [-0.1, -0.05) is 20.8 Å². The van der Waals surface area contributed by atoms with E-state index in [0.717, 1.165) is 25.7 Å². The number of anilines is 1. The Kier molecular flexibility index (Phi) is 5.20. The summed E-state index contributed by atoms with van der Waals surface area (Å²) in [7, 11) is 0. The molecule has 0 radical (unpaired) electrons. The number of rotatable bonds is 8. The highest BCUT2D eigenvalue weighted by Gasteiger charge is 2.30. The molecule has 1 aliphatic carbocycles. The third kappa shape index (κ3) is 4.20. The minimum absolute atomic E-state index is 0.692. The maximum absolute atomic E-state index is 4.34. The van der Waals surface area contributed by atoms with Gasteiger partial charge >= 0.3 is 0 Å². The molecule has 0 aromatic carbocycles. The molecule has 1 aromatic rings. The fourth-order valence-corrected chi connectivity index (χ4v) is 2.45. The predicted molar refractivity (Wildman–Crippen MR) is 81.4 cm³/mol. The summed E-state index contributed by atoms with van der Waals surface area (Å²) in [4.78, 5) is 6.91. The Morgan fingerprint density at radius 2 is 2.21 bits per heavy atom. The van der Waals surface area contributed by atoms with Gasteiger partial charge in [-0.15, -0.1) is 0 Å². The van der Waals surface area contributed by atoms with Gasteiger partial charge in [0.2, 0.25) is 0 Å². The van der Waals surface area contributed by atoms with Crippen molar-refractivity contribution in [1.82, 2.24) is 10.3 Å². The molecule has 1 aliphatic rings. The lowest BCUT2D eigenvalue weighted by Gasteiger charge is -2.28. The van der Waals surface area contributed by atoms with Crippen LogP contribution >= 0.6 is 0 Å². The molecule has 3 heteroatoms. The summed E-state index contributed by atoms with van der Waals surface area (Å²) in [6.45, 7) is 9.96. The topological polar surface area (TPSA) is 28.2 Å². The molecule has 2 rings (SSSR count). The van der Waals surface area contributed by atoms with Gasteiger partial charge in [-0.05, 0) is 43.4 Å². The second kappa shape index (κ2) is 6.90. The first-order valence-electron chi connectivity index (χ1n) is 7.62. The van der Waals surface area contributed by atoms with Crippen molar-refractivity contribution in [2.75, 3.05) is 18.0 Å². The summed E-state index contributed by atoms with van der Waals surface area (Å²) in [5.74, 6) is 0.692. The molecule has 1 aromatic heterocycles. The first-order chi connectivity index (χ1) is 9.22. The largest absolute Gasteiger partial charge is 0.367 e. The molecule has 0 aliphatic heterocycles. The van der Waals surface area contributed by atoms with Gasteiger partial charge < -0.3 is 10.2 Å². The number of nitrogens with one attached hydrogen (secondary N) is 1. The van der Waals surface area contributed by atoms with E-state index in [-0.39, 0.29) is 0 Å². The highest BCUT2D eigenvalue weighted by molar-refractivity contribution is 5.53. The van der Waals surface area contributed by atoms with Crippen LogP contribution in [0.5, 0.6) is 0 Å². The summed E-state index contributed by atoms with van der Waals surface area (Å²) >= 11 is 0. The van der Waals surface area contributed by atoms with Crippen LogP contribution in [0, 0.1) is 5.92 Å². The summed E-state index contributed by atoms with van der Waals surface area (Å²) in [5.41, 5.74) is 2.72. The quantitative estimate of drug-likeness (QED) is 0.728. The van der Waals surface area contributed by atoms with Crippen LogP contribution in [-0.2, 0) is 6.54 Å². The molecular weight excluding hydrogens is 234 g/mol. The van der Waals surface area contributed by atoms with E-state index in [1.54, 1.807) is 0 Å². The van der Waals surface area contributed by atoms with E-state index in [2.05, 4.69) is 42.0 Å². The zero-order chi connectivity index (χ0) is 13.7. The number of pyridine rings is 1. The molecule has 0 saturated heterocycles. The molecule has 0 atom stereocenters. The number of hydrogen-bond donors (Lipinski definition) is 1. The van der Waals surface area contributed by atoms with Crippen LogP contribution in [0.25, 0.3) is 0 Å². The molecule has 0 amide bonds. The zero-order valence-electron chi connectivity index (χ0n) is 12.5. The van der Waals surface area contributed by atoms with Gasteiger partial charge in [0.25, 0.3) is 0 Å². The van der Waals surface area contributed by atoms with Crippen molar-refractivity contribution in [2.24, 2.45) is 5.92 Å². The third-order valence-electron chi connectivity index (χ3n) is 3.49. The van der Waals surface area contributed by atoms with Crippen LogP contribution in [-0.4, -0.2) is 24.1 Å². The molecule has 1 heterocycles. The molecule has 0 bridgehead atoms. The molecule has 19 heavy (non-hydrogen) atoms. The Hall–Kier alpha value is -1.09. The van der Waals surface area contributed by atoms with Crippen LogP contribution in [0.15, 0.2) is 18.5 Å². The van der Waals surface area contributed by atoms with Crippen molar-refractivity contribution in [3.8, 4) is 0 Å². The van der Waals surface area contributed by atoms with E-state index >= 15 is 0 Å². The lowest BCUT2D eigenvalue weighted by Crippen LogP contribution is -2.31. The zero-order valence-corrected chi connectivity index (χ0v) is 12.5. The second-order valence-corrected chi connectivity index (χ2v) is 5.96. The minimum atomic E-state index is 0.692. The SMILES string of the molecule is CCCNCc1ccncc1N(CC(C)C)C1CC1. The van der Waals surface area contributed by atoms with E-state index in [1.165, 1.54) is 30.5 Å². The molecule has 1 saturated carbocycles. The van der Waals surface area contributed by atoms with E-state index in [1.807, 2.05) is 12.4 Å². The summed E-state index contributed by atoms with van der Waals surface area (Å²) in [6.07, 6.45) is 7.81. The van der Waals surface area contributed by atoms with Gasteiger partial charge in [0.15, 0.2) is 0 Å². The smallest absolute Gasteiger partial charge is 0.0600 e. The summed E-state index contributed by atoms with van der Waals surface area (Å²) < 4.78 is 0. The fourth-order valence-electron chi connectivity index (χ4n) is 2.45. The van der Waals surface area contributed by atoms with Crippen LogP contribution in [0.4, 0.5) is 5.69 Å². The highest BCUT2D eigenvalue weighted by atomic mass is 15.2. The summed E-state index contributed by atoms with van der Waals surface area (Å²) in [6, 6.07) is 2.91. The van der Waals surface area contributed by atoms with Crippen molar-refractivity contribution < 1.29 is 0 Å². The Morgan fingerprint density at radius 3 is 2.84 bits per heavy atom. The highest BCUT2D eigenvalue weighted by Crippen LogP contribution is 2.33. The number of nitrogens with zero attached hydrogens (tertiary/aromatic N) is 2. The van der Waals surface area contributed by atoms with Crippen molar-refractivity contribution in [3.63, 3.8) is 0 Å². The van der Waals surface area contributed by atoms with Gasteiger partial charge in [-0.2, -0.15) is 0 Å². The lowest BCUT2D eigenvalue weighted by atomic mass is 10.1. The summed E-state index contributed by atoms with van der Waals surface area (Å²) in [5, 5.41) is 3.50. The Bertz CT molecular complexity index is 385. The monoisotopic (exact) mass is 261 g/mol. The van der Waals surface area contributed by atoms with Gasteiger partial charge in [-0.25, -0.2) is 0 Å². The molecular formula is C16H27N3. The predicted octanol–water partition coefficient (Wildman–Crippen LogP) is 3.21. The van der Waals surface area contributed by atoms with Gasteiger partial charge in [0.1, 0.15) is 0 Å². The standard InChI is InChI=1S/C16H27N3/c1-4-8-17-10-14-7-9-18-11-16(14)19(12-13(2)3)15-5-6-15/h7,9,11,13,15,17H,4-6,8,10,12H2,1-3H3. The van der Waals surface area contributed by atoms with E-state index in [0.29, 0.717) is 5.92 Å². The maximum Gasteiger partial charge on any atom is 0.0600 e. The molecule has 0 unspecified atom stereocenters. The minimum Gasteiger partial charge on any atom is -0.367 e. The van der Waals surface area contributed by atoms with Gasteiger partial charge in [-0.3, -0.25) is 4.98 Å². The van der Waals surface area contributed by atoms with Crippen LogP contribution < -0.4 is 10.2 Å². The molecule has 3 nitrogen and oxygen atoms in total. The fraction of sp³-hybridized carbons (Fsp3) is 0.688. The van der Waals surface area contributed by atoms with Crippen molar-refractivity contribution >= 4 is 5.69 Å². The van der Waals surface area contributed by atoms with Gasteiger partial charge in [0, 0.05) is 25.3 Å². The average molecular weight is 261 g/mol. The molecule has 1 N–H and O–H groups in total. The normalized spacial score (nSPS) is 14.9. The van der Waals surface area contributed by atoms with E-state index in [4.69, 9.17) is 0 Å². The first kappa shape index (κ1) is 14.3. The van der Waals surface area contributed by atoms with E-state index in [9.17, 15) is 0 Å². The van der Waals surface area contributed by atoms with Crippen LogP contribution in [0.3, 0.4) is 0 Å². The van der Waals surface area contributed by atoms with Crippen LogP contribution in [0.2, 0.25) is 0 Å². The van der Waals surface area contributed by atoms with Crippen LogP contribution in [0.1, 0.15) is 45.6 Å². The number of hydrogen-bond acceptors (Lipinski definition) is 3. The third-order valence-corrected chi connectivity index (χ3v) is 3.49. The van der Waals surface area contributed by atoms with Crippen molar-refractivity contribution in [3.05, 3.63) is 24.0 Å². The Labute approximate surface area is 117 Å². The molecule has 0 spiro atoms. The number of aromatic nitrogens is 1. The Balaban J connectivity index is 2.11. The van der Waals surface area contributed by atoms with Gasteiger partial charge in [0.05, 0.1) is 11.9 Å². The first-order valence-corrected chi connectivity index (χ1v) is 7.62. The second-order valence-electron chi connectivity index (χ2n) is 5.96. The van der Waals surface area contributed by atoms with Crippen molar-refractivity contribution in [2.45, 2.75) is 52.6 Å². The average Bonchev–Trinajstić information content (AvgIpc) is 3.21. The maximum atomic E-state index is 4.34.